The van der Waals surface area contributed by atoms with Gasteiger partial charge in [0.05, 0.1) is 12.2 Å². The van der Waals surface area contributed by atoms with Crippen LogP contribution < -0.4 is 0 Å². The lowest BCUT2D eigenvalue weighted by molar-refractivity contribution is -0.00307. The number of hydrogen-bond donors (Lipinski definition) is 2. The topological polar surface area (TPSA) is 40.5 Å². The molecule has 0 bridgehead atoms. The molecule has 0 saturated heterocycles. The first-order valence-electron chi connectivity index (χ1n) is 3.45. The Morgan fingerprint density at radius 3 is 1.78 bits per heavy atom. The molecule has 0 aliphatic rings. The van der Waals surface area contributed by atoms with Crippen molar-refractivity contribution in [2.24, 2.45) is 5.92 Å². The van der Waals surface area contributed by atoms with Gasteiger partial charge in [-0.3, -0.25) is 0 Å². The van der Waals surface area contributed by atoms with E-state index in [4.69, 9.17) is 10.2 Å². The van der Waals surface area contributed by atoms with Crippen molar-refractivity contribution in [1.82, 2.24) is 0 Å². The van der Waals surface area contributed by atoms with E-state index in [1.165, 1.54) is 0 Å². The van der Waals surface area contributed by atoms with E-state index in [1.807, 2.05) is 13.8 Å². The highest BCUT2D eigenvalue weighted by Gasteiger charge is 2.16. The quantitative estimate of drug-likeness (QED) is 0.595. The average molecular weight is 132 g/mol. The molecular formula is C7H16O2. The monoisotopic (exact) mass is 132 g/mol. The van der Waals surface area contributed by atoms with Crippen molar-refractivity contribution >= 4 is 0 Å². The molecule has 2 nitrogen and oxygen atoms in total. The molecule has 0 aromatic heterocycles. The lowest BCUT2D eigenvalue weighted by atomic mass is 9.98. The summed E-state index contributed by atoms with van der Waals surface area (Å²) in [4.78, 5) is 0. The van der Waals surface area contributed by atoms with Crippen molar-refractivity contribution in [1.29, 1.82) is 0 Å². The predicted molar refractivity (Wildman–Crippen MR) is 37.1 cm³/mol. The van der Waals surface area contributed by atoms with E-state index in [1.54, 1.807) is 6.92 Å². The summed E-state index contributed by atoms with van der Waals surface area (Å²) in [5, 5.41) is 18.0. The molecule has 2 N–H and O–H groups in total. The van der Waals surface area contributed by atoms with Gasteiger partial charge in [0.1, 0.15) is 0 Å². The van der Waals surface area contributed by atoms with Crippen LogP contribution in [0.4, 0.5) is 0 Å². The zero-order chi connectivity index (χ0) is 7.44. The fourth-order valence-corrected chi connectivity index (χ4v) is 0.717. The van der Waals surface area contributed by atoms with E-state index in [0.29, 0.717) is 0 Å². The van der Waals surface area contributed by atoms with Crippen molar-refractivity contribution in [3.8, 4) is 0 Å². The maximum Gasteiger partial charge on any atom is 0.0821 e. The molecule has 0 rings (SSSR count). The fraction of sp³-hybridized carbons (Fsp3) is 1.00. The predicted octanol–water partition coefficient (Wildman–Crippen LogP) is 0.774. The highest BCUT2D eigenvalue weighted by atomic mass is 16.3. The molecular weight excluding hydrogens is 116 g/mol. The number of rotatable bonds is 3. The maximum absolute atomic E-state index is 9.14. The zero-order valence-electron chi connectivity index (χ0n) is 6.33. The molecule has 0 heterocycles. The Bertz CT molecular complexity index is 71.3. The molecule has 0 aromatic rings. The van der Waals surface area contributed by atoms with E-state index in [0.717, 1.165) is 6.42 Å². The molecule has 3 atom stereocenters. The molecule has 9 heavy (non-hydrogen) atoms. The largest absolute Gasteiger partial charge is 0.391 e. The second-order valence-electron chi connectivity index (χ2n) is 2.62. The molecule has 0 radical (unpaired) electrons. The first-order valence-corrected chi connectivity index (χ1v) is 3.45. The van der Waals surface area contributed by atoms with Crippen molar-refractivity contribution in [2.75, 3.05) is 0 Å². The van der Waals surface area contributed by atoms with E-state index in [-0.39, 0.29) is 5.92 Å². The van der Waals surface area contributed by atoms with Gasteiger partial charge in [-0.15, -0.1) is 0 Å². The summed E-state index contributed by atoms with van der Waals surface area (Å²) in [6.45, 7) is 5.53. The summed E-state index contributed by atoms with van der Waals surface area (Å²) in [5.74, 6) is 0.199. The summed E-state index contributed by atoms with van der Waals surface area (Å²) >= 11 is 0. The minimum absolute atomic E-state index is 0.199. The molecule has 0 aromatic carbocycles. The Kier molecular flexibility index (Phi) is 3.82. The van der Waals surface area contributed by atoms with Crippen LogP contribution in [0.3, 0.4) is 0 Å². The normalized spacial score (nSPS) is 21.0. The average Bonchev–Trinajstić information content (AvgIpc) is 1.84. The summed E-state index contributed by atoms with van der Waals surface area (Å²) < 4.78 is 0. The van der Waals surface area contributed by atoms with Crippen LogP contribution in [0, 0.1) is 5.92 Å². The Morgan fingerprint density at radius 1 is 1.22 bits per heavy atom. The minimum Gasteiger partial charge on any atom is -0.391 e. The first kappa shape index (κ1) is 8.92. The fourth-order valence-electron chi connectivity index (χ4n) is 0.717. The Hall–Kier alpha value is -0.0800. The van der Waals surface area contributed by atoms with Crippen LogP contribution in [0.15, 0.2) is 0 Å². The Morgan fingerprint density at radius 2 is 1.67 bits per heavy atom. The van der Waals surface area contributed by atoms with Gasteiger partial charge >= 0.3 is 0 Å². The van der Waals surface area contributed by atoms with Gasteiger partial charge in [0.2, 0.25) is 0 Å². The van der Waals surface area contributed by atoms with Gasteiger partial charge in [-0.25, -0.2) is 0 Å². The van der Waals surface area contributed by atoms with Crippen molar-refractivity contribution < 1.29 is 10.2 Å². The second-order valence-corrected chi connectivity index (χ2v) is 2.62. The molecule has 56 valence electrons. The summed E-state index contributed by atoms with van der Waals surface area (Å²) in [7, 11) is 0. The van der Waals surface area contributed by atoms with Gasteiger partial charge in [0.15, 0.2) is 0 Å². The third-order valence-electron chi connectivity index (χ3n) is 1.72. The van der Waals surface area contributed by atoms with Gasteiger partial charge in [-0.05, 0) is 12.8 Å². The molecule has 0 unspecified atom stereocenters. The van der Waals surface area contributed by atoms with Crippen LogP contribution in [0.5, 0.6) is 0 Å². The Balaban J connectivity index is 3.58. The molecule has 0 fully saturated rings. The van der Waals surface area contributed by atoms with Gasteiger partial charge in [0.25, 0.3) is 0 Å². The zero-order valence-corrected chi connectivity index (χ0v) is 6.33. The van der Waals surface area contributed by atoms with Gasteiger partial charge in [-0.1, -0.05) is 20.3 Å². The number of hydrogen-bond acceptors (Lipinski definition) is 2. The standard InChI is InChI=1S/C7H16O2/c1-4-5(2)7(9)6(3)8/h5-9H,4H2,1-3H3/t5-,6+,7+/m1/s1. The van der Waals surface area contributed by atoms with Crippen LogP contribution in [-0.4, -0.2) is 22.4 Å². The van der Waals surface area contributed by atoms with Crippen molar-refractivity contribution in [3.05, 3.63) is 0 Å². The molecule has 0 amide bonds. The van der Waals surface area contributed by atoms with E-state index in [2.05, 4.69) is 0 Å². The summed E-state index contributed by atoms with van der Waals surface area (Å²) in [5.41, 5.74) is 0. The van der Waals surface area contributed by atoms with Crippen molar-refractivity contribution in [3.63, 3.8) is 0 Å². The number of aliphatic hydroxyl groups excluding tert-OH is 2. The lowest BCUT2D eigenvalue weighted by Crippen LogP contribution is -2.29. The molecule has 2 heteroatoms. The molecule has 0 saturated carbocycles. The number of aliphatic hydroxyl groups is 2. The van der Waals surface area contributed by atoms with Crippen LogP contribution in [-0.2, 0) is 0 Å². The van der Waals surface area contributed by atoms with E-state index in [9.17, 15) is 0 Å². The highest BCUT2D eigenvalue weighted by molar-refractivity contribution is 4.67. The second kappa shape index (κ2) is 3.85. The van der Waals surface area contributed by atoms with Crippen LogP contribution in [0.25, 0.3) is 0 Å². The van der Waals surface area contributed by atoms with Gasteiger partial charge in [-0.2, -0.15) is 0 Å². The van der Waals surface area contributed by atoms with E-state index < -0.39 is 12.2 Å². The molecule has 0 spiro atoms. The van der Waals surface area contributed by atoms with Gasteiger partial charge < -0.3 is 10.2 Å². The molecule has 0 aliphatic heterocycles. The van der Waals surface area contributed by atoms with Crippen molar-refractivity contribution in [2.45, 2.75) is 39.4 Å². The first-order chi connectivity index (χ1) is 4.09. The summed E-state index contributed by atoms with van der Waals surface area (Å²) in [6, 6.07) is 0. The smallest absolute Gasteiger partial charge is 0.0821 e. The minimum atomic E-state index is -0.597. The third kappa shape index (κ3) is 2.82. The van der Waals surface area contributed by atoms with E-state index >= 15 is 0 Å². The SMILES string of the molecule is CC[C@@H](C)[C@H](O)[C@H](C)O. The highest BCUT2D eigenvalue weighted by Crippen LogP contribution is 2.09. The third-order valence-corrected chi connectivity index (χ3v) is 1.72. The van der Waals surface area contributed by atoms with Crippen LogP contribution in [0.1, 0.15) is 27.2 Å². The summed E-state index contributed by atoms with van der Waals surface area (Å²) in [6.07, 6.45) is -0.249. The van der Waals surface area contributed by atoms with Crippen LogP contribution in [0.2, 0.25) is 0 Å². The van der Waals surface area contributed by atoms with Gasteiger partial charge in [0, 0.05) is 0 Å². The maximum atomic E-state index is 9.14. The van der Waals surface area contributed by atoms with Crippen LogP contribution >= 0.6 is 0 Å². The molecule has 0 aliphatic carbocycles. The Labute approximate surface area is 56.5 Å². The lowest BCUT2D eigenvalue weighted by Gasteiger charge is -2.19.